The molecule has 0 spiro atoms. The van der Waals surface area contributed by atoms with Crippen LogP contribution in [0.1, 0.15) is 44.2 Å². The molecule has 0 aromatic carbocycles. The summed E-state index contributed by atoms with van der Waals surface area (Å²) in [7, 11) is 2.03. The zero-order chi connectivity index (χ0) is 12.4. The SMILES string of the molecule is CCC1CCC(CN)C(c2c(Br)cnn2C)C1. The molecule has 1 aliphatic carbocycles. The minimum Gasteiger partial charge on any atom is -0.330 e. The van der Waals surface area contributed by atoms with E-state index >= 15 is 0 Å². The molecule has 0 radical (unpaired) electrons. The van der Waals surface area contributed by atoms with Gasteiger partial charge in [0.05, 0.1) is 16.4 Å². The van der Waals surface area contributed by atoms with Gasteiger partial charge in [-0.25, -0.2) is 0 Å². The van der Waals surface area contributed by atoms with Crippen molar-refractivity contribution >= 4 is 15.9 Å². The van der Waals surface area contributed by atoms with E-state index in [9.17, 15) is 0 Å². The highest BCUT2D eigenvalue weighted by Gasteiger charge is 2.32. The quantitative estimate of drug-likeness (QED) is 0.932. The summed E-state index contributed by atoms with van der Waals surface area (Å²) in [6.45, 7) is 3.08. The summed E-state index contributed by atoms with van der Waals surface area (Å²) in [6, 6.07) is 0. The van der Waals surface area contributed by atoms with Gasteiger partial charge in [-0.2, -0.15) is 5.10 Å². The number of nitrogens with zero attached hydrogens (tertiary/aromatic N) is 2. The van der Waals surface area contributed by atoms with Gasteiger partial charge in [0, 0.05) is 13.0 Å². The van der Waals surface area contributed by atoms with Crippen LogP contribution >= 0.6 is 15.9 Å². The lowest BCUT2D eigenvalue weighted by atomic mass is 9.72. The Kier molecular flexibility index (Phi) is 4.26. The number of aryl methyl sites for hydroxylation is 1. The maximum Gasteiger partial charge on any atom is 0.0635 e. The normalized spacial score (nSPS) is 29.5. The van der Waals surface area contributed by atoms with Crippen LogP contribution in [0, 0.1) is 11.8 Å². The lowest BCUT2D eigenvalue weighted by Gasteiger charge is -2.35. The Morgan fingerprint density at radius 3 is 2.82 bits per heavy atom. The van der Waals surface area contributed by atoms with E-state index in [2.05, 4.69) is 28.0 Å². The first-order valence-corrected chi connectivity index (χ1v) is 7.34. The van der Waals surface area contributed by atoms with Crippen molar-refractivity contribution < 1.29 is 0 Å². The molecule has 0 bridgehead atoms. The van der Waals surface area contributed by atoms with E-state index < -0.39 is 0 Å². The van der Waals surface area contributed by atoms with E-state index in [1.807, 2.05) is 17.9 Å². The number of hydrogen-bond donors (Lipinski definition) is 1. The number of rotatable bonds is 3. The van der Waals surface area contributed by atoms with Crippen LogP contribution in [0.15, 0.2) is 10.7 Å². The van der Waals surface area contributed by atoms with Gasteiger partial charge in [-0.15, -0.1) is 0 Å². The fourth-order valence-electron chi connectivity index (χ4n) is 3.15. The fraction of sp³-hybridized carbons (Fsp3) is 0.769. The van der Waals surface area contributed by atoms with E-state index in [0.29, 0.717) is 11.8 Å². The van der Waals surface area contributed by atoms with Gasteiger partial charge in [0.2, 0.25) is 0 Å². The molecule has 96 valence electrons. The molecule has 1 heterocycles. The number of aromatic nitrogens is 2. The third-order valence-corrected chi connectivity index (χ3v) is 4.88. The third-order valence-electron chi connectivity index (χ3n) is 4.27. The molecule has 0 amide bonds. The van der Waals surface area contributed by atoms with Crippen molar-refractivity contribution in [2.75, 3.05) is 6.54 Å². The summed E-state index contributed by atoms with van der Waals surface area (Å²) in [4.78, 5) is 0. The molecule has 3 unspecified atom stereocenters. The average molecular weight is 300 g/mol. The van der Waals surface area contributed by atoms with Gasteiger partial charge in [-0.1, -0.05) is 19.8 Å². The minimum absolute atomic E-state index is 0.570. The summed E-state index contributed by atoms with van der Waals surface area (Å²) in [5.41, 5.74) is 7.27. The second kappa shape index (κ2) is 5.53. The zero-order valence-corrected chi connectivity index (χ0v) is 12.3. The average Bonchev–Trinajstić information content (AvgIpc) is 2.68. The van der Waals surface area contributed by atoms with Crippen LogP contribution in [-0.2, 0) is 7.05 Å². The Morgan fingerprint density at radius 2 is 2.29 bits per heavy atom. The molecule has 1 saturated carbocycles. The van der Waals surface area contributed by atoms with E-state index in [0.717, 1.165) is 16.9 Å². The monoisotopic (exact) mass is 299 g/mol. The highest BCUT2D eigenvalue weighted by Crippen LogP contribution is 2.43. The van der Waals surface area contributed by atoms with Crippen molar-refractivity contribution in [2.24, 2.45) is 24.6 Å². The maximum atomic E-state index is 5.94. The Balaban J connectivity index is 2.26. The Morgan fingerprint density at radius 1 is 1.53 bits per heavy atom. The van der Waals surface area contributed by atoms with Crippen LogP contribution in [0.2, 0.25) is 0 Å². The molecule has 1 aromatic rings. The fourth-order valence-corrected chi connectivity index (χ4v) is 3.79. The molecule has 0 aliphatic heterocycles. The van der Waals surface area contributed by atoms with E-state index in [-0.39, 0.29) is 0 Å². The third kappa shape index (κ3) is 2.58. The Hall–Kier alpha value is -0.350. The predicted octanol–water partition coefficient (Wildman–Crippen LogP) is 3.05. The summed E-state index contributed by atoms with van der Waals surface area (Å²) in [6.07, 6.45) is 7.04. The van der Waals surface area contributed by atoms with Crippen LogP contribution in [-0.4, -0.2) is 16.3 Å². The molecule has 2 rings (SSSR count). The molecule has 1 aliphatic rings. The second-order valence-electron chi connectivity index (χ2n) is 5.19. The van der Waals surface area contributed by atoms with Gasteiger partial charge < -0.3 is 5.73 Å². The van der Waals surface area contributed by atoms with Gasteiger partial charge in [-0.05, 0) is 47.2 Å². The molecule has 4 heteroatoms. The van der Waals surface area contributed by atoms with E-state index in [4.69, 9.17) is 5.73 Å². The lowest BCUT2D eigenvalue weighted by molar-refractivity contribution is 0.228. The maximum absolute atomic E-state index is 5.94. The smallest absolute Gasteiger partial charge is 0.0635 e. The molecular formula is C13H22BrN3. The Labute approximate surface area is 112 Å². The van der Waals surface area contributed by atoms with Gasteiger partial charge in [0.25, 0.3) is 0 Å². The standard InChI is InChI=1S/C13H22BrN3/c1-3-9-4-5-10(7-15)11(6-9)13-12(14)8-16-17(13)2/h8-11H,3-7,15H2,1-2H3. The van der Waals surface area contributed by atoms with Crippen molar-refractivity contribution in [3.63, 3.8) is 0 Å². The molecule has 3 atom stereocenters. The lowest BCUT2D eigenvalue weighted by Crippen LogP contribution is -2.30. The zero-order valence-electron chi connectivity index (χ0n) is 10.7. The summed E-state index contributed by atoms with van der Waals surface area (Å²) < 4.78 is 3.15. The van der Waals surface area contributed by atoms with Crippen LogP contribution in [0.25, 0.3) is 0 Å². The van der Waals surface area contributed by atoms with Crippen molar-refractivity contribution in [3.05, 3.63) is 16.4 Å². The Bertz CT molecular complexity index is 355. The summed E-state index contributed by atoms with van der Waals surface area (Å²) in [5, 5.41) is 4.34. The van der Waals surface area contributed by atoms with Gasteiger partial charge >= 0.3 is 0 Å². The first-order valence-electron chi connectivity index (χ1n) is 6.54. The predicted molar refractivity (Wildman–Crippen MR) is 73.8 cm³/mol. The van der Waals surface area contributed by atoms with Crippen molar-refractivity contribution in [1.29, 1.82) is 0 Å². The summed E-state index contributed by atoms with van der Waals surface area (Å²) >= 11 is 3.63. The molecule has 2 N–H and O–H groups in total. The highest BCUT2D eigenvalue weighted by molar-refractivity contribution is 9.10. The van der Waals surface area contributed by atoms with Crippen molar-refractivity contribution in [1.82, 2.24) is 9.78 Å². The van der Waals surface area contributed by atoms with Gasteiger partial charge in [0.1, 0.15) is 0 Å². The summed E-state index contributed by atoms with van der Waals surface area (Å²) in [5.74, 6) is 2.04. The number of hydrogen-bond acceptors (Lipinski definition) is 2. The highest BCUT2D eigenvalue weighted by atomic mass is 79.9. The second-order valence-corrected chi connectivity index (χ2v) is 6.05. The minimum atomic E-state index is 0.570. The largest absolute Gasteiger partial charge is 0.330 e. The molecule has 17 heavy (non-hydrogen) atoms. The number of halogens is 1. The molecule has 1 aromatic heterocycles. The first-order chi connectivity index (χ1) is 8.17. The van der Waals surface area contributed by atoms with Crippen LogP contribution in [0.4, 0.5) is 0 Å². The van der Waals surface area contributed by atoms with Crippen molar-refractivity contribution in [2.45, 2.75) is 38.5 Å². The molecular weight excluding hydrogens is 278 g/mol. The number of nitrogens with two attached hydrogens (primary N) is 1. The van der Waals surface area contributed by atoms with Crippen LogP contribution < -0.4 is 5.73 Å². The van der Waals surface area contributed by atoms with Gasteiger partial charge in [0.15, 0.2) is 0 Å². The topological polar surface area (TPSA) is 43.8 Å². The first kappa shape index (κ1) is 13.1. The molecule has 1 fully saturated rings. The van der Waals surface area contributed by atoms with Crippen LogP contribution in [0.5, 0.6) is 0 Å². The van der Waals surface area contributed by atoms with E-state index in [1.165, 1.54) is 31.4 Å². The molecule has 0 saturated heterocycles. The van der Waals surface area contributed by atoms with Gasteiger partial charge in [-0.3, -0.25) is 4.68 Å². The van der Waals surface area contributed by atoms with Crippen molar-refractivity contribution in [3.8, 4) is 0 Å². The molecule has 3 nitrogen and oxygen atoms in total. The van der Waals surface area contributed by atoms with Crippen LogP contribution in [0.3, 0.4) is 0 Å². The van der Waals surface area contributed by atoms with E-state index in [1.54, 1.807) is 0 Å².